The highest BCUT2D eigenvalue weighted by molar-refractivity contribution is 6.13. The van der Waals surface area contributed by atoms with Crippen molar-refractivity contribution < 1.29 is 24.2 Å². The van der Waals surface area contributed by atoms with E-state index in [2.05, 4.69) is 4.74 Å². The molecule has 152 valence electrons. The number of esters is 1. The van der Waals surface area contributed by atoms with Crippen LogP contribution in [-0.4, -0.2) is 41.4 Å². The normalized spacial score (nSPS) is 12.0. The van der Waals surface area contributed by atoms with Crippen LogP contribution in [0, 0.1) is 0 Å². The summed E-state index contributed by atoms with van der Waals surface area (Å²) in [6.07, 6.45) is -1.10. The molecule has 1 atom stereocenters. The maximum Gasteiger partial charge on any atom is 0.343 e. The first-order chi connectivity index (χ1) is 14.0. The zero-order valence-electron chi connectivity index (χ0n) is 16.4. The van der Waals surface area contributed by atoms with Crippen molar-refractivity contribution in [3.8, 4) is 5.75 Å². The maximum absolute atomic E-state index is 12.8. The quantitative estimate of drug-likeness (QED) is 0.344. The van der Waals surface area contributed by atoms with Crippen molar-refractivity contribution in [2.75, 3.05) is 13.7 Å². The Kier molecular flexibility index (Phi) is 6.31. The number of aromatic nitrogens is 1. The molecule has 0 fully saturated rings. The lowest BCUT2D eigenvalue weighted by atomic mass is 10.0. The fourth-order valence-electron chi connectivity index (χ4n) is 3.46. The van der Waals surface area contributed by atoms with Crippen molar-refractivity contribution in [2.24, 2.45) is 5.73 Å². The highest BCUT2D eigenvalue weighted by Crippen LogP contribution is 2.35. The summed E-state index contributed by atoms with van der Waals surface area (Å²) in [6.45, 7) is 2.18. The number of carbonyl (C=O) groups excluding carboxylic acids is 2. The Morgan fingerprint density at radius 3 is 2.48 bits per heavy atom. The number of aliphatic hydroxyl groups is 1. The van der Waals surface area contributed by atoms with E-state index in [0.29, 0.717) is 29.7 Å². The fraction of sp³-hybridized carbons (Fsp3) is 0.273. The van der Waals surface area contributed by atoms with Gasteiger partial charge in [0.25, 0.3) is 0 Å². The van der Waals surface area contributed by atoms with Gasteiger partial charge < -0.3 is 19.1 Å². The molecule has 0 bridgehead atoms. The molecule has 0 aliphatic heterocycles. The molecule has 29 heavy (non-hydrogen) atoms. The molecular weight excluding hydrogens is 372 g/mol. The van der Waals surface area contributed by atoms with E-state index >= 15 is 0 Å². The van der Waals surface area contributed by atoms with Gasteiger partial charge in [0, 0.05) is 12.2 Å². The predicted octanol–water partition coefficient (Wildman–Crippen LogP) is 2.26. The van der Waals surface area contributed by atoms with Crippen molar-refractivity contribution in [3.63, 3.8) is 0 Å². The number of Topliss-reactive ketones (excluding diaryl/α,β-unsaturated/α-hetero) is 1. The molecule has 1 unspecified atom stereocenters. The second-order valence-corrected chi connectivity index (χ2v) is 6.57. The number of carbonyl (C=O) groups is 2. The van der Waals surface area contributed by atoms with Gasteiger partial charge in [0.05, 0.1) is 23.6 Å². The lowest BCUT2D eigenvalue weighted by Gasteiger charge is -2.11. The Bertz CT molecular complexity index is 1020. The molecule has 3 aromatic rings. The van der Waals surface area contributed by atoms with Crippen LogP contribution in [0.15, 0.2) is 48.5 Å². The smallest absolute Gasteiger partial charge is 0.343 e. The van der Waals surface area contributed by atoms with Gasteiger partial charge in [0.2, 0.25) is 5.78 Å². The number of benzene rings is 2. The molecule has 0 saturated carbocycles. The lowest BCUT2D eigenvalue weighted by molar-refractivity contribution is -0.142. The molecule has 0 aliphatic carbocycles. The summed E-state index contributed by atoms with van der Waals surface area (Å²) in [7, 11) is 1.28. The topological polar surface area (TPSA) is 104 Å². The molecular formula is C22H24N2O5. The van der Waals surface area contributed by atoms with E-state index in [0.717, 1.165) is 16.8 Å². The van der Waals surface area contributed by atoms with Crippen LogP contribution in [0.4, 0.5) is 0 Å². The third-order valence-electron chi connectivity index (χ3n) is 4.77. The maximum atomic E-state index is 12.8. The summed E-state index contributed by atoms with van der Waals surface area (Å²) in [4.78, 5) is 24.4. The Morgan fingerprint density at radius 1 is 1.14 bits per heavy atom. The van der Waals surface area contributed by atoms with Crippen LogP contribution in [0.2, 0.25) is 0 Å². The van der Waals surface area contributed by atoms with Crippen molar-refractivity contribution in [1.29, 1.82) is 0 Å². The van der Waals surface area contributed by atoms with Crippen LogP contribution in [0.5, 0.6) is 5.75 Å². The van der Waals surface area contributed by atoms with Crippen molar-refractivity contribution in [3.05, 3.63) is 65.4 Å². The number of hydrogen-bond acceptors (Lipinski definition) is 6. The number of rotatable bonds is 8. The molecule has 7 nitrogen and oxygen atoms in total. The van der Waals surface area contributed by atoms with Gasteiger partial charge in [-0.15, -0.1) is 0 Å². The van der Waals surface area contributed by atoms with Gasteiger partial charge in [-0.1, -0.05) is 43.3 Å². The molecule has 0 radical (unpaired) electrons. The average molecular weight is 396 g/mol. The standard InChI is InChI=1S/C22H24N2O5/c1-3-15-20(21(26)22(23)27)19-16(24(15)12-14-8-5-4-6-9-14)10-7-11-17(19)29-13-18(25)28-2/h4-11,22,27H,3,12-13,23H2,1-2H3. The van der Waals surface area contributed by atoms with Crippen LogP contribution in [0.1, 0.15) is 28.5 Å². The summed E-state index contributed by atoms with van der Waals surface area (Å²) < 4.78 is 12.3. The molecule has 3 N–H and O–H groups in total. The molecule has 7 heteroatoms. The highest BCUT2D eigenvalue weighted by atomic mass is 16.6. The van der Waals surface area contributed by atoms with E-state index in [-0.39, 0.29) is 6.61 Å². The second kappa shape index (κ2) is 8.89. The Labute approximate surface area is 168 Å². The van der Waals surface area contributed by atoms with Crippen LogP contribution < -0.4 is 10.5 Å². The number of nitrogens with zero attached hydrogens (tertiary/aromatic N) is 1. The highest BCUT2D eigenvalue weighted by Gasteiger charge is 2.27. The number of hydrogen-bond donors (Lipinski definition) is 2. The third kappa shape index (κ3) is 4.16. The van der Waals surface area contributed by atoms with Crippen molar-refractivity contribution in [1.82, 2.24) is 4.57 Å². The lowest BCUT2D eigenvalue weighted by Crippen LogP contribution is -2.30. The van der Waals surface area contributed by atoms with Crippen molar-refractivity contribution >= 4 is 22.7 Å². The predicted molar refractivity (Wildman–Crippen MR) is 109 cm³/mol. The zero-order chi connectivity index (χ0) is 21.0. The minimum atomic E-state index is -1.65. The molecule has 1 heterocycles. The van der Waals surface area contributed by atoms with E-state index in [1.165, 1.54) is 7.11 Å². The zero-order valence-corrected chi connectivity index (χ0v) is 16.4. The largest absolute Gasteiger partial charge is 0.481 e. The van der Waals surface area contributed by atoms with E-state index < -0.39 is 18.0 Å². The number of ketones is 1. The number of ether oxygens (including phenoxy) is 2. The molecule has 2 aromatic carbocycles. The van der Waals surface area contributed by atoms with Gasteiger partial charge in [-0.2, -0.15) is 0 Å². The number of aliphatic hydroxyl groups excluding tert-OH is 1. The number of methoxy groups -OCH3 is 1. The van der Waals surface area contributed by atoms with Gasteiger partial charge in [0.1, 0.15) is 5.75 Å². The monoisotopic (exact) mass is 396 g/mol. The number of nitrogens with two attached hydrogens (primary N) is 1. The van der Waals surface area contributed by atoms with Gasteiger partial charge >= 0.3 is 5.97 Å². The summed E-state index contributed by atoms with van der Waals surface area (Å²) in [5.41, 5.74) is 8.40. The van der Waals surface area contributed by atoms with Crippen LogP contribution in [0.3, 0.4) is 0 Å². The first kappa shape index (κ1) is 20.6. The van der Waals surface area contributed by atoms with Crippen LogP contribution >= 0.6 is 0 Å². The molecule has 0 spiro atoms. The van der Waals surface area contributed by atoms with Gasteiger partial charge in [0.15, 0.2) is 12.8 Å². The second-order valence-electron chi connectivity index (χ2n) is 6.57. The molecule has 0 aliphatic rings. The van der Waals surface area contributed by atoms with Gasteiger partial charge in [-0.3, -0.25) is 10.5 Å². The molecule has 0 amide bonds. The Morgan fingerprint density at radius 2 is 1.86 bits per heavy atom. The minimum absolute atomic E-state index is 0.292. The van der Waals surface area contributed by atoms with Gasteiger partial charge in [-0.25, -0.2) is 4.79 Å². The first-order valence-electron chi connectivity index (χ1n) is 9.33. The third-order valence-corrected chi connectivity index (χ3v) is 4.77. The minimum Gasteiger partial charge on any atom is -0.481 e. The molecule has 1 aromatic heterocycles. The van der Waals surface area contributed by atoms with Gasteiger partial charge in [-0.05, 0) is 24.1 Å². The summed E-state index contributed by atoms with van der Waals surface area (Å²) in [6, 6.07) is 15.2. The van der Waals surface area contributed by atoms with E-state index in [1.807, 2.05) is 47.9 Å². The summed E-state index contributed by atoms with van der Waals surface area (Å²) >= 11 is 0. The van der Waals surface area contributed by atoms with E-state index in [4.69, 9.17) is 10.5 Å². The Balaban J connectivity index is 2.22. The first-order valence-corrected chi connectivity index (χ1v) is 9.33. The molecule has 0 saturated heterocycles. The van der Waals surface area contributed by atoms with Crippen LogP contribution in [-0.2, 0) is 22.5 Å². The fourth-order valence-corrected chi connectivity index (χ4v) is 3.46. The summed E-state index contributed by atoms with van der Waals surface area (Å²) in [5, 5.41) is 10.3. The SMILES string of the molecule is CCc1c(C(=O)C(N)O)c2c(OCC(=O)OC)cccc2n1Cc1ccccc1. The number of fused-ring (bicyclic) bond motifs is 1. The van der Waals surface area contributed by atoms with E-state index in [9.17, 15) is 14.7 Å². The van der Waals surface area contributed by atoms with Crippen LogP contribution in [0.25, 0.3) is 10.9 Å². The summed E-state index contributed by atoms with van der Waals surface area (Å²) in [5.74, 6) is -0.764. The molecule has 3 rings (SSSR count). The van der Waals surface area contributed by atoms with E-state index in [1.54, 1.807) is 12.1 Å². The Hall–Kier alpha value is -3.16. The van der Waals surface area contributed by atoms with Crippen molar-refractivity contribution in [2.45, 2.75) is 26.1 Å². The average Bonchev–Trinajstić information content (AvgIpc) is 3.05.